The van der Waals surface area contributed by atoms with E-state index < -0.39 is 0 Å². The topological polar surface area (TPSA) is 23.5 Å². The molecule has 0 aromatic heterocycles. The minimum atomic E-state index is -0.0713. The zero-order valence-electron chi connectivity index (χ0n) is 13.5. The maximum atomic E-state index is 11.2. The molecule has 1 aliphatic heterocycles. The Bertz CT molecular complexity index is 317. The van der Waals surface area contributed by atoms with E-state index >= 15 is 0 Å². The highest BCUT2D eigenvalue weighted by molar-refractivity contribution is 5.04. The first-order valence-electron chi connectivity index (χ1n) is 9.06. The maximum Gasteiger partial charge on any atom is 0.0752 e. The summed E-state index contributed by atoms with van der Waals surface area (Å²) in [5.41, 5.74) is 0.154. The van der Waals surface area contributed by atoms with Crippen molar-refractivity contribution in [1.82, 2.24) is 4.90 Å². The Balaban J connectivity index is 1.74. The standard InChI is InChI=1S/C18H33NO/c1-14-7-8-16(13-15(14)2)17(20)18(9-3-4-10-18)19-11-5-6-12-19/h14-17,20H,3-13H2,1-2H3. The number of likely N-dealkylation sites (tertiary alicyclic amines) is 1. The lowest BCUT2D eigenvalue weighted by molar-refractivity contribution is -0.0664. The highest BCUT2D eigenvalue weighted by Crippen LogP contribution is 2.46. The molecular weight excluding hydrogens is 246 g/mol. The number of hydrogen-bond acceptors (Lipinski definition) is 2. The van der Waals surface area contributed by atoms with Gasteiger partial charge in [-0.1, -0.05) is 33.1 Å². The predicted molar refractivity (Wildman–Crippen MR) is 83.7 cm³/mol. The van der Waals surface area contributed by atoms with Crippen molar-refractivity contribution in [3.8, 4) is 0 Å². The fourth-order valence-electron chi connectivity index (χ4n) is 5.26. The normalized spacial score (nSPS) is 40.0. The van der Waals surface area contributed by atoms with Gasteiger partial charge < -0.3 is 5.11 Å². The van der Waals surface area contributed by atoms with Gasteiger partial charge in [0, 0.05) is 5.54 Å². The molecule has 0 bridgehead atoms. The van der Waals surface area contributed by atoms with E-state index in [0.29, 0.717) is 5.92 Å². The molecule has 3 aliphatic rings. The van der Waals surface area contributed by atoms with Crippen LogP contribution in [-0.4, -0.2) is 34.7 Å². The first-order valence-corrected chi connectivity index (χ1v) is 9.06. The van der Waals surface area contributed by atoms with E-state index in [1.54, 1.807) is 0 Å². The van der Waals surface area contributed by atoms with Gasteiger partial charge in [0.2, 0.25) is 0 Å². The fraction of sp³-hybridized carbons (Fsp3) is 1.00. The van der Waals surface area contributed by atoms with Gasteiger partial charge in [-0.25, -0.2) is 0 Å². The SMILES string of the molecule is CC1CCC(C(O)C2(N3CCCC3)CCCC2)CC1C. The molecule has 4 atom stereocenters. The van der Waals surface area contributed by atoms with Crippen molar-refractivity contribution in [3.05, 3.63) is 0 Å². The van der Waals surface area contributed by atoms with E-state index in [-0.39, 0.29) is 11.6 Å². The van der Waals surface area contributed by atoms with E-state index in [9.17, 15) is 5.11 Å². The molecule has 0 radical (unpaired) electrons. The van der Waals surface area contributed by atoms with Crippen LogP contribution in [0.2, 0.25) is 0 Å². The van der Waals surface area contributed by atoms with Crippen molar-refractivity contribution < 1.29 is 5.11 Å². The molecule has 3 rings (SSSR count). The summed E-state index contributed by atoms with van der Waals surface area (Å²) < 4.78 is 0. The summed E-state index contributed by atoms with van der Waals surface area (Å²) >= 11 is 0. The summed E-state index contributed by atoms with van der Waals surface area (Å²) in [6.45, 7) is 7.24. The summed E-state index contributed by atoms with van der Waals surface area (Å²) in [6.07, 6.45) is 11.6. The fourth-order valence-corrected chi connectivity index (χ4v) is 5.26. The third kappa shape index (κ3) is 2.54. The molecule has 2 aliphatic carbocycles. The summed E-state index contributed by atoms with van der Waals surface area (Å²) in [5.74, 6) is 2.20. The van der Waals surface area contributed by atoms with Crippen molar-refractivity contribution in [3.63, 3.8) is 0 Å². The van der Waals surface area contributed by atoms with Crippen LogP contribution < -0.4 is 0 Å². The molecule has 1 heterocycles. The lowest BCUT2D eigenvalue weighted by Gasteiger charge is -2.47. The smallest absolute Gasteiger partial charge is 0.0752 e. The highest BCUT2D eigenvalue weighted by Gasteiger charge is 2.49. The number of rotatable bonds is 3. The van der Waals surface area contributed by atoms with Gasteiger partial charge in [0.05, 0.1) is 6.10 Å². The first kappa shape index (κ1) is 14.8. The molecule has 116 valence electrons. The van der Waals surface area contributed by atoms with Crippen LogP contribution in [0.3, 0.4) is 0 Å². The Morgan fingerprint density at radius 3 is 2.20 bits per heavy atom. The zero-order valence-corrected chi connectivity index (χ0v) is 13.5. The quantitative estimate of drug-likeness (QED) is 0.849. The van der Waals surface area contributed by atoms with Crippen molar-refractivity contribution in [2.24, 2.45) is 17.8 Å². The maximum absolute atomic E-state index is 11.2. The van der Waals surface area contributed by atoms with Gasteiger partial charge in [-0.05, 0) is 69.4 Å². The van der Waals surface area contributed by atoms with Crippen molar-refractivity contribution in [1.29, 1.82) is 0 Å². The molecule has 0 aromatic rings. The summed E-state index contributed by atoms with van der Waals surface area (Å²) in [6, 6.07) is 0. The van der Waals surface area contributed by atoms with E-state index in [2.05, 4.69) is 18.7 Å². The Kier molecular flexibility index (Phi) is 4.42. The summed E-state index contributed by atoms with van der Waals surface area (Å²) in [7, 11) is 0. The number of aliphatic hydroxyl groups excluding tert-OH is 1. The molecule has 20 heavy (non-hydrogen) atoms. The highest BCUT2D eigenvalue weighted by atomic mass is 16.3. The van der Waals surface area contributed by atoms with E-state index in [1.165, 1.54) is 70.9 Å². The van der Waals surface area contributed by atoms with Gasteiger partial charge in [0.15, 0.2) is 0 Å². The minimum Gasteiger partial charge on any atom is -0.391 e. The summed E-state index contributed by atoms with van der Waals surface area (Å²) in [5, 5.41) is 11.2. The second-order valence-electron chi connectivity index (χ2n) is 7.98. The second-order valence-corrected chi connectivity index (χ2v) is 7.98. The molecule has 1 N–H and O–H groups in total. The number of aliphatic hydroxyl groups is 1. The van der Waals surface area contributed by atoms with Crippen LogP contribution in [0, 0.1) is 17.8 Å². The molecule has 0 spiro atoms. The molecule has 4 unspecified atom stereocenters. The first-order chi connectivity index (χ1) is 9.63. The third-order valence-corrected chi connectivity index (χ3v) is 6.84. The Labute approximate surface area is 124 Å². The van der Waals surface area contributed by atoms with Crippen LogP contribution >= 0.6 is 0 Å². The monoisotopic (exact) mass is 279 g/mol. The van der Waals surface area contributed by atoms with Gasteiger partial charge in [-0.15, -0.1) is 0 Å². The van der Waals surface area contributed by atoms with E-state index in [1.807, 2.05) is 0 Å². The molecule has 2 heteroatoms. The molecule has 0 aromatic carbocycles. The molecule has 1 saturated heterocycles. The molecule has 2 saturated carbocycles. The molecule has 0 amide bonds. The lowest BCUT2D eigenvalue weighted by atomic mass is 9.69. The van der Waals surface area contributed by atoms with E-state index in [0.717, 1.165) is 11.8 Å². The second kappa shape index (κ2) is 5.96. The average Bonchev–Trinajstić information content (AvgIpc) is 3.12. The van der Waals surface area contributed by atoms with Crippen LogP contribution in [0.25, 0.3) is 0 Å². The number of hydrogen-bond donors (Lipinski definition) is 1. The molecular formula is C18H33NO. The van der Waals surface area contributed by atoms with Gasteiger partial charge in [-0.2, -0.15) is 0 Å². The summed E-state index contributed by atoms with van der Waals surface area (Å²) in [4.78, 5) is 2.67. The van der Waals surface area contributed by atoms with Crippen LogP contribution in [0.15, 0.2) is 0 Å². The Hall–Kier alpha value is -0.0800. The number of nitrogens with zero attached hydrogens (tertiary/aromatic N) is 1. The zero-order chi connectivity index (χ0) is 14.2. The molecule has 3 fully saturated rings. The lowest BCUT2D eigenvalue weighted by Crippen LogP contribution is -2.57. The van der Waals surface area contributed by atoms with Gasteiger partial charge >= 0.3 is 0 Å². The predicted octanol–water partition coefficient (Wildman–Crippen LogP) is 3.83. The van der Waals surface area contributed by atoms with Crippen LogP contribution in [0.5, 0.6) is 0 Å². The Morgan fingerprint density at radius 1 is 0.950 bits per heavy atom. The van der Waals surface area contributed by atoms with Crippen LogP contribution in [-0.2, 0) is 0 Å². The van der Waals surface area contributed by atoms with Crippen LogP contribution in [0.4, 0.5) is 0 Å². The van der Waals surface area contributed by atoms with E-state index in [4.69, 9.17) is 0 Å². The van der Waals surface area contributed by atoms with Gasteiger partial charge in [0.25, 0.3) is 0 Å². The van der Waals surface area contributed by atoms with Gasteiger partial charge in [0.1, 0.15) is 0 Å². The van der Waals surface area contributed by atoms with Gasteiger partial charge in [-0.3, -0.25) is 4.90 Å². The third-order valence-electron chi connectivity index (χ3n) is 6.84. The van der Waals surface area contributed by atoms with Crippen molar-refractivity contribution in [2.45, 2.75) is 83.3 Å². The van der Waals surface area contributed by atoms with Crippen molar-refractivity contribution >= 4 is 0 Å². The minimum absolute atomic E-state index is 0.0713. The Morgan fingerprint density at radius 2 is 1.60 bits per heavy atom. The average molecular weight is 279 g/mol. The van der Waals surface area contributed by atoms with Crippen molar-refractivity contribution in [2.75, 3.05) is 13.1 Å². The molecule has 2 nitrogen and oxygen atoms in total. The van der Waals surface area contributed by atoms with Crippen LogP contribution in [0.1, 0.15) is 71.6 Å². The largest absolute Gasteiger partial charge is 0.391 e.